The summed E-state index contributed by atoms with van der Waals surface area (Å²) in [6.45, 7) is 9.34. The number of fused-ring (bicyclic) bond motifs is 1. The summed E-state index contributed by atoms with van der Waals surface area (Å²) in [5.74, 6) is 0.753. The second-order valence-corrected chi connectivity index (χ2v) is 9.58. The molecule has 3 aromatic heterocycles. The molecule has 7 nitrogen and oxygen atoms in total. The van der Waals surface area contributed by atoms with E-state index in [4.69, 9.17) is 4.42 Å². The number of nitrogens with one attached hydrogen (secondary N) is 2. The van der Waals surface area contributed by atoms with Gasteiger partial charge in [-0.05, 0) is 49.7 Å². The van der Waals surface area contributed by atoms with E-state index >= 15 is 0 Å². The molecule has 0 atom stereocenters. The molecule has 8 heteroatoms. The van der Waals surface area contributed by atoms with Crippen LogP contribution < -0.4 is 10.6 Å². The van der Waals surface area contributed by atoms with Crippen LogP contribution >= 0.6 is 11.3 Å². The molecule has 4 aromatic rings. The van der Waals surface area contributed by atoms with E-state index < -0.39 is 5.41 Å². The first kappa shape index (κ1) is 21.7. The zero-order valence-electron chi connectivity index (χ0n) is 18.6. The maximum Gasteiger partial charge on any atom is 0.266 e. The van der Waals surface area contributed by atoms with Gasteiger partial charge in [-0.1, -0.05) is 26.8 Å². The van der Waals surface area contributed by atoms with E-state index in [1.165, 1.54) is 11.3 Å². The fourth-order valence-corrected chi connectivity index (χ4v) is 4.38. The highest BCUT2D eigenvalue weighted by Gasteiger charge is 2.22. The highest BCUT2D eigenvalue weighted by atomic mass is 32.1. The molecule has 0 aliphatic rings. The van der Waals surface area contributed by atoms with Gasteiger partial charge in [-0.3, -0.25) is 9.59 Å². The SMILES string of the molecule is Cc1nc(-c2ccco2)nc2sc(C(=O)Nc3cccc(NC(=O)C(C)(C)C)c3)c(C)c12. The van der Waals surface area contributed by atoms with Crippen LogP contribution in [0.5, 0.6) is 0 Å². The maximum atomic E-state index is 13.1. The zero-order chi connectivity index (χ0) is 23.0. The molecule has 2 N–H and O–H groups in total. The molecular formula is C24H24N4O3S. The van der Waals surface area contributed by atoms with E-state index in [2.05, 4.69) is 20.6 Å². The topological polar surface area (TPSA) is 97.1 Å². The summed E-state index contributed by atoms with van der Waals surface area (Å²) in [6, 6.07) is 10.7. The molecule has 2 amide bonds. The number of furan rings is 1. The summed E-state index contributed by atoms with van der Waals surface area (Å²) in [4.78, 5) is 35.8. The van der Waals surface area contributed by atoms with Gasteiger partial charge in [-0.15, -0.1) is 11.3 Å². The number of carbonyl (C=O) groups excluding carboxylic acids is 2. The number of anilines is 2. The van der Waals surface area contributed by atoms with Crippen molar-refractivity contribution in [2.24, 2.45) is 5.41 Å². The van der Waals surface area contributed by atoms with Crippen molar-refractivity contribution in [3.63, 3.8) is 0 Å². The van der Waals surface area contributed by atoms with Crippen molar-refractivity contribution >= 4 is 44.7 Å². The summed E-state index contributed by atoms with van der Waals surface area (Å²) in [6.07, 6.45) is 1.58. The first-order chi connectivity index (χ1) is 15.1. The molecule has 32 heavy (non-hydrogen) atoms. The number of nitrogens with zero attached hydrogens (tertiary/aromatic N) is 2. The van der Waals surface area contributed by atoms with Crippen LogP contribution in [0, 0.1) is 19.3 Å². The average Bonchev–Trinajstić information content (AvgIpc) is 3.36. The molecule has 0 aliphatic heterocycles. The molecule has 4 rings (SSSR count). The van der Waals surface area contributed by atoms with Crippen molar-refractivity contribution in [3.05, 3.63) is 58.8 Å². The third-order valence-corrected chi connectivity index (χ3v) is 6.16. The fourth-order valence-electron chi connectivity index (χ4n) is 3.25. The Morgan fingerprint density at radius 3 is 2.38 bits per heavy atom. The number of aryl methyl sites for hydroxylation is 2. The van der Waals surface area contributed by atoms with Gasteiger partial charge in [0.25, 0.3) is 5.91 Å². The molecule has 164 valence electrons. The summed E-state index contributed by atoms with van der Waals surface area (Å²) in [5.41, 5.74) is 2.34. The standard InChI is InChI=1S/C24H24N4O3S/c1-13-18-14(2)25-20(17-10-7-11-31-17)28-22(18)32-19(13)21(29)26-15-8-6-9-16(12-15)27-23(30)24(3,4)5/h6-12H,1-5H3,(H,26,29)(H,27,30). The van der Waals surface area contributed by atoms with Crippen molar-refractivity contribution in [1.82, 2.24) is 9.97 Å². The molecule has 0 saturated carbocycles. The molecular weight excluding hydrogens is 424 g/mol. The maximum absolute atomic E-state index is 13.1. The third-order valence-electron chi connectivity index (χ3n) is 4.98. The van der Waals surface area contributed by atoms with Gasteiger partial charge in [0.15, 0.2) is 11.6 Å². The Morgan fingerprint density at radius 2 is 1.72 bits per heavy atom. The first-order valence-electron chi connectivity index (χ1n) is 10.2. The fraction of sp³-hybridized carbons (Fsp3) is 0.250. The lowest BCUT2D eigenvalue weighted by Crippen LogP contribution is -2.27. The van der Waals surface area contributed by atoms with E-state index in [0.717, 1.165) is 21.5 Å². The Bertz CT molecular complexity index is 1320. The number of carbonyl (C=O) groups is 2. The molecule has 1 aromatic carbocycles. The van der Waals surface area contributed by atoms with Crippen molar-refractivity contribution in [2.45, 2.75) is 34.6 Å². The van der Waals surface area contributed by atoms with Gasteiger partial charge in [0.1, 0.15) is 4.83 Å². The van der Waals surface area contributed by atoms with E-state index in [1.54, 1.807) is 42.7 Å². The molecule has 0 bridgehead atoms. The van der Waals surface area contributed by atoms with E-state index in [9.17, 15) is 9.59 Å². The number of rotatable bonds is 4. The van der Waals surface area contributed by atoms with E-state index in [-0.39, 0.29) is 11.8 Å². The van der Waals surface area contributed by atoms with E-state index in [0.29, 0.717) is 27.8 Å². The molecule has 0 radical (unpaired) electrons. The summed E-state index contributed by atoms with van der Waals surface area (Å²) in [7, 11) is 0. The number of hydrogen-bond acceptors (Lipinski definition) is 6. The third kappa shape index (κ3) is 4.27. The number of thiophene rings is 1. The van der Waals surface area contributed by atoms with Gasteiger partial charge < -0.3 is 15.1 Å². The lowest BCUT2D eigenvalue weighted by molar-refractivity contribution is -0.123. The van der Waals surface area contributed by atoms with E-state index in [1.807, 2.05) is 34.6 Å². The summed E-state index contributed by atoms with van der Waals surface area (Å²) in [5, 5.41) is 6.68. The number of aromatic nitrogens is 2. The van der Waals surface area contributed by atoms with Crippen LogP contribution in [0.2, 0.25) is 0 Å². The second-order valence-electron chi connectivity index (χ2n) is 8.59. The van der Waals surface area contributed by atoms with Crippen LogP contribution in [0.25, 0.3) is 21.8 Å². The van der Waals surface area contributed by atoms with Gasteiger partial charge in [0, 0.05) is 22.2 Å². The monoisotopic (exact) mass is 448 g/mol. The minimum atomic E-state index is -0.513. The average molecular weight is 449 g/mol. The minimum absolute atomic E-state index is 0.0947. The molecule has 0 fully saturated rings. The lowest BCUT2D eigenvalue weighted by atomic mass is 9.95. The first-order valence-corrected chi connectivity index (χ1v) is 11.0. The van der Waals surface area contributed by atoms with Crippen LogP contribution in [-0.4, -0.2) is 21.8 Å². The zero-order valence-corrected chi connectivity index (χ0v) is 19.4. The smallest absolute Gasteiger partial charge is 0.266 e. The van der Waals surface area contributed by atoms with Crippen molar-refractivity contribution < 1.29 is 14.0 Å². The number of amides is 2. The van der Waals surface area contributed by atoms with Crippen LogP contribution in [0.4, 0.5) is 11.4 Å². The highest BCUT2D eigenvalue weighted by Crippen LogP contribution is 2.33. The van der Waals surface area contributed by atoms with Crippen LogP contribution in [0.15, 0.2) is 47.1 Å². The van der Waals surface area contributed by atoms with Gasteiger partial charge in [-0.25, -0.2) is 9.97 Å². The Labute approximate surface area is 189 Å². The van der Waals surface area contributed by atoms with Crippen molar-refractivity contribution in [2.75, 3.05) is 10.6 Å². The van der Waals surface area contributed by atoms with Crippen molar-refractivity contribution in [3.8, 4) is 11.6 Å². The summed E-state index contributed by atoms with van der Waals surface area (Å²) < 4.78 is 5.42. The second kappa shape index (κ2) is 8.20. The Balaban J connectivity index is 1.61. The largest absolute Gasteiger partial charge is 0.461 e. The van der Waals surface area contributed by atoms with Gasteiger partial charge in [0.2, 0.25) is 5.91 Å². The van der Waals surface area contributed by atoms with Gasteiger partial charge >= 0.3 is 0 Å². The molecule has 3 heterocycles. The Kier molecular flexibility index (Phi) is 5.56. The van der Waals surface area contributed by atoms with Crippen LogP contribution in [-0.2, 0) is 4.79 Å². The summed E-state index contributed by atoms with van der Waals surface area (Å²) >= 11 is 1.32. The molecule has 0 saturated heterocycles. The lowest BCUT2D eigenvalue weighted by Gasteiger charge is -2.18. The Morgan fingerprint density at radius 1 is 1.00 bits per heavy atom. The molecule has 0 spiro atoms. The van der Waals surface area contributed by atoms with Crippen LogP contribution in [0.1, 0.15) is 41.7 Å². The van der Waals surface area contributed by atoms with Crippen LogP contribution in [0.3, 0.4) is 0 Å². The predicted octanol–water partition coefficient (Wildman–Crippen LogP) is 5.81. The number of hydrogen-bond donors (Lipinski definition) is 2. The van der Waals surface area contributed by atoms with Crippen molar-refractivity contribution in [1.29, 1.82) is 0 Å². The minimum Gasteiger partial charge on any atom is -0.461 e. The highest BCUT2D eigenvalue weighted by molar-refractivity contribution is 7.20. The predicted molar refractivity (Wildman–Crippen MR) is 127 cm³/mol. The van der Waals surface area contributed by atoms with Gasteiger partial charge in [0.05, 0.1) is 16.8 Å². The number of benzene rings is 1. The van der Waals surface area contributed by atoms with Gasteiger partial charge in [-0.2, -0.15) is 0 Å². The molecule has 0 unspecified atom stereocenters. The Hall–Kier alpha value is -3.52. The quantitative estimate of drug-likeness (QED) is 0.411. The molecule has 0 aliphatic carbocycles. The normalized spacial score (nSPS) is 11.5.